The topological polar surface area (TPSA) is 91.3 Å². The van der Waals surface area contributed by atoms with Gasteiger partial charge in [-0.15, -0.1) is 11.8 Å². The number of rotatable bonds is 5. The number of para-hydroxylation sites is 1. The minimum Gasteiger partial charge on any atom is -0.342 e. The number of H-pyrrole nitrogens is 1. The number of nitrogens with zero attached hydrogens (tertiary/aromatic N) is 4. The lowest BCUT2D eigenvalue weighted by molar-refractivity contribution is -0.133. The first-order valence-corrected chi connectivity index (χ1v) is 14.4. The van der Waals surface area contributed by atoms with Gasteiger partial charge in [-0.25, -0.2) is 9.78 Å². The molecule has 1 aliphatic carbocycles. The summed E-state index contributed by atoms with van der Waals surface area (Å²) in [6.45, 7) is 1.17. The van der Waals surface area contributed by atoms with Crippen molar-refractivity contribution in [2.24, 2.45) is 5.92 Å². The first-order chi connectivity index (χ1) is 18.1. The van der Waals surface area contributed by atoms with E-state index in [-0.39, 0.29) is 40.6 Å². The molecule has 1 aromatic carbocycles. The van der Waals surface area contributed by atoms with E-state index in [2.05, 4.69) is 9.97 Å². The number of imidazole rings is 1. The van der Waals surface area contributed by atoms with Crippen LogP contribution >= 0.6 is 11.8 Å². The molecule has 4 heterocycles. The van der Waals surface area contributed by atoms with Crippen LogP contribution in [0.5, 0.6) is 0 Å². The molecule has 3 aliphatic rings. The molecule has 3 aromatic rings. The van der Waals surface area contributed by atoms with E-state index in [0.717, 1.165) is 24.0 Å². The van der Waals surface area contributed by atoms with Gasteiger partial charge in [-0.2, -0.15) is 0 Å². The number of piperidine rings is 1. The van der Waals surface area contributed by atoms with Crippen LogP contribution < -0.4 is 10.6 Å². The quantitative estimate of drug-likeness (QED) is 0.542. The van der Waals surface area contributed by atoms with Crippen molar-refractivity contribution < 1.29 is 9.59 Å². The standard InChI is InChI=1S/C28H33N5O3S/c34-24(31-16-13-21(14-17-31)32-22-12-7-15-29-25(22)30-28(32)36)18-23-26(35)33(20-10-5-2-6-11-20)27(37-23)19-8-3-1-4-9-19/h2,5-7,10-12,15,19,21,23,27H,1,3-4,8-9,13-14,16-18H2,(H,29,30,36). The number of hydrogen-bond donors (Lipinski definition) is 1. The summed E-state index contributed by atoms with van der Waals surface area (Å²) in [5.74, 6) is 0.574. The van der Waals surface area contributed by atoms with Gasteiger partial charge >= 0.3 is 5.69 Å². The summed E-state index contributed by atoms with van der Waals surface area (Å²) in [5.41, 5.74) is 2.18. The molecule has 0 spiro atoms. The molecule has 2 aromatic heterocycles. The Bertz CT molecular complexity index is 1320. The molecule has 0 radical (unpaired) electrons. The van der Waals surface area contributed by atoms with E-state index < -0.39 is 0 Å². The van der Waals surface area contributed by atoms with Crippen LogP contribution in [0.3, 0.4) is 0 Å². The van der Waals surface area contributed by atoms with Crippen LogP contribution in [0, 0.1) is 5.92 Å². The molecule has 2 atom stereocenters. The first-order valence-electron chi connectivity index (χ1n) is 13.5. The number of amides is 2. The van der Waals surface area contributed by atoms with E-state index in [1.165, 1.54) is 19.3 Å². The minimum absolute atomic E-state index is 0.0289. The van der Waals surface area contributed by atoms with E-state index in [0.29, 0.717) is 37.5 Å². The molecule has 1 N–H and O–H groups in total. The van der Waals surface area contributed by atoms with Crippen molar-refractivity contribution >= 4 is 40.4 Å². The number of carbonyl (C=O) groups is 2. The smallest absolute Gasteiger partial charge is 0.327 e. The van der Waals surface area contributed by atoms with Crippen LogP contribution in [0.1, 0.15) is 57.4 Å². The zero-order valence-corrected chi connectivity index (χ0v) is 21.7. The van der Waals surface area contributed by atoms with Crippen molar-refractivity contribution in [2.75, 3.05) is 18.0 Å². The fraction of sp³-hybridized carbons (Fsp3) is 0.500. The highest BCUT2D eigenvalue weighted by Crippen LogP contribution is 2.45. The maximum absolute atomic E-state index is 13.6. The third-order valence-corrected chi connectivity index (χ3v) is 9.76. The molecule has 9 heteroatoms. The van der Waals surface area contributed by atoms with Crippen LogP contribution in [-0.4, -0.2) is 55.0 Å². The Morgan fingerprint density at radius 3 is 2.49 bits per heavy atom. The van der Waals surface area contributed by atoms with Gasteiger partial charge in [-0.1, -0.05) is 37.5 Å². The highest BCUT2D eigenvalue weighted by atomic mass is 32.2. The van der Waals surface area contributed by atoms with Gasteiger partial charge in [-0.3, -0.25) is 24.0 Å². The molecule has 37 heavy (non-hydrogen) atoms. The fourth-order valence-corrected chi connectivity index (χ4v) is 7.94. The van der Waals surface area contributed by atoms with Gasteiger partial charge in [0.1, 0.15) is 0 Å². The van der Waals surface area contributed by atoms with Crippen molar-refractivity contribution in [2.45, 2.75) is 68.0 Å². The van der Waals surface area contributed by atoms with Gasteiger partial charge in [0, 0.05) is 37.4 Å². The number of thioether (sulfide) groups is 1. The highest BCUT2D eigenvalue weighted by molar-refractivity contribution is 8.02. The second-order valence-electron chi connectivity index (χ2n) is 10.4. The molecule has 8 nitrogen and oxygen atoms in total. The molecule has 1 saturated carbocycles. The summed E-state index contributed by atoms with van der Waals surface area (Å²) in [7, 11) is 0. The second kappa shape index (κ2) is 10.4. The van der Waals surface area contributed by atoms with Gasteiger partial charge < -0.3 is 4.90 Å². The van der Waals surface area contributed by atoms with Gasteiger partial charge in [0.05, 0.1) is 16.1 Å². The van der Waals surface area contributed by atoms with Crippen molar-refractivity contribution in [1.82, 2.24) is 19.4 Å². The van der Waals surface area contributed by atoms with E-state index >= 15 is 0 Å². The fourth-order valence-electron chi connectivity index (χ4n) is 6.29. The third-order valence-electron chi connectivity index (χ3n) is 8.19. The zero-order chi connectivity index (χ0) is 25.4. The average molecular weight is 520 g/mol. The van der Waals surface area contributed by atoms with E-state index in [1.54, 1.807) is 22.5 Å². The number of hydrogen-bond acceptors (Lipinski definition) is 5. The summed E-state index contributed by atoms with van der Waals surface area (Å²) in [6, 6.07) is 13.7. The Balaban J connectivity index is 1.13. The lowest BCUT2D eigenvalue weighted by Gasteiger charge is -2.33. The molecule has 3 fully saturated rings. The first kappa shape index (κ1) is 24.3. The number of nitrogens with one attached hydrogen (secondary N) is 1. The molecule has 0 bridgehead atoms. The van der Waals surface area contributed by atoms with Crippen LogP contribution in [0.2, 0.25) is 0 Å². The van der Waals surface area contributed by atoms with Crippen LogP contribution in [-0.2, 0) is 9.59 Å². The van der Waals surface area contributed by atoms with Gasteiger partial charge in [0.25, 0.3) is 0 Å². The highest BCUT2D eigenvalue weighted by Gasteiger charge is 2.46. The van der Waals surface area contributed by atoms with Crippen LogP contribution in [0.4, 0.5) is 5.69 Å². The lowest BCUT2D eigenvalue weighted by atomic mass is 9.88. The monoisotopic (exact) mass is 519 g/mol. The third kappa shape index (κ3) is 4.69. The van der Waals surface area contributed by atoms with Crippen molar-refractivity contribution in [3.63, 3.8) is 0 Å². The van der Waals surface area contributed by atoms with E-state index in [4.69, 9.17) is 0 Å². The summed E-state index contributed by atoms with van der Waals surface area (Å²) >= 11 is 1.69. The number of aromatic amines is 1. The Labute approximate surface area is 220 Å². The number of anilines is 1. The van der Waals surface area contributed by atoms with Gasteiger partial charge in [0.15, 0.2) is 5.65 Å². The summed E-state index contributed by atoms with van der Waals surface area (Å²) in [6.07, 6.45) is 9.31. The number of fused-ring (bicyclic) bond motifs is 1. The maximum Gasteiger partial charge on any atom is 0.327 e. The molecular formula is C28H33N5O3S. The predicted molar refractivity (Wildman–Crippen MR) is 145 cm³/mol. The summed E-state index contributed by atoms with van der Waals surface area (Å²) in [4.78, 5) is 50.5. The Hall–Kier alpha value is -3.07. The molecule has 2 saturated heterocycles. The van der Waals surface area contributed by atoms with Gasteiger partial charge in [0.2, 0.25) is 11.8 Å². The number of pyridine rings is 1. The number of carbonyl (C=O) groups excluding carboxylic acids is 2. The number of aromatic nitrogens is 3. The predicted octanol–water partition coefficient (Wildman–Crippen LogP) is 4.33. The maximum atomic E-state index is 13.6. The summed E-state index contributed by atoms with van der Waals surface area (Å²) < 4.78 is 1.78. The Kier molecular flexibility index (Phi) is 6.80. The van der Waals surface area contributed by atoms with Crippen molar-refractivity contribution in [3.05, 3.63) is 59.1 Å². The van der Waals surface area contributed by atoms with Gasteiger partial charge in [-0.05, 0) is 55.9 Å². The molecule has 2 aliphatic heterocycles. The average Bonchev–Trinajstić information content (AvgIpc) is 3.45. The zero-order valence-electron chi connectivity index (χ0n) is 20.9. The molecule has 2 amide bonds. The molecule has 6 rings (SSSR count). The molecular weight excluding hydrogens is 486 g/mol. The molecule has 194 valence electrons. The normalized spacial score (nSPS) is 23.7. The molecule has 2 unspecified atom stereocenters. The van der Waals surface area contributed by atoms with Crippen molar-refractivity contribution in [3.8, 4) is 0 Å². The number of likely N-dealkylation sites (tertiary alicyclic amines) is 1. The van der Waals surface area contributed by atoms with Crippen molar-refractivity contribution in [1.29, 1.82) is 0 Å². The minimum atomic E-state index is -0.348. The lowest BCUT2D eigenvalue weighted by Crippen LogP contribution is -2.42. The summed E-state index contributed by atoms with van der Waals surface area (Å²) in [5, 5.41) is -0.249. The largest absolute Gasteiger partial charge is 0.342 e. The number of benzene rings is 1. The Morgan fingerprint density at radius 1 is 0.973 bits per heavy atom. The SMILES string of the molecule is O=C(CC1SC(C2CCCCC2)N(c2ccccc2)C1=O)N1CCC(n2c(=O)[nH]c3ncccc32)CC1. The second-order valence-corrected chi connectivity index (χ2v) is 11.8. The van der Waals surface area contributed by atoms with Crippen LogP contribution in [0.25, 0.3) is 11.2 Å². The van der Waals surface area contributed by atoms with E-state index in [1.807, 2.05) is 52.3 Å². The van der Waals surface area contributed by atoms with E-state index in [9.17, 15) is 14.4 Å². The van der Waals surface area contributed by atoms with Crippen LogP contribution in [0.15, 0.2) is 53.5 Å². The Morgan fingerprint density at radius 2 is 1.73 bits per heavy atom.